The van der Waals surface area contributed by atoms with Gasteiger partial charge in [-0.2, -0.15) is 0 Å². The van der Waals surface area contributed by atoms with Crippen LogP contribution in [0.2, 0.25) is 0 Å². The molecule has 5 heteroatoms. The van der Waals surface area contributed by atoms with Gasteiger partial charge in [0, 0.05) is 5.69 Å². The Balaban J connectivity index is 2.47. The van der Waals surface area contributed by atoms with Gasteiger partial charge >= 0.3 is 0 Å². The van der Waals surface area contributed by atoms with Gasteiger partial charge in [0.05, 0.1) is 9.77 Å². The summed E-state index contributed by atoms with van der Waals surface area (Å²) in [4.78, 5) is 4.48. The number of nitrogen functional groups attached to an aromatic ring is 1. The molecule has 2 heterocycles. The summed E-state index contributed by atoms with van der Waals surface area (Å²) in [5.41, 5.74) is 8.33. The van der Waals surface area contributed by atoms with E-state index in [1.54, 1.807) is 23.1 Å². The van der Waals surface area contributed by atoms with Crippen LogP contribution in [0, 0.1) is 19.3 Å². The van der Waals surface area contributed by atoms with Crippen molar-refractivity contribution in [2.24, 2.45) is 5.73 Å². The van der Waals surface area contributed by atoms with Crippen LogP contribution in [0.5, 0.6) is 0 Å². The van der Waals surface area contributed by atoms with Crippen LogP contribution in [-0.4, -0.2) is 10.8 Å². The van der Waals surface area contributed by atoms with Crippen LogP contribution in [0.4, 0.5) is 0 Å². The minimum atomic E-state index is 0.0778. The molecule has 0 atom stereocenters. The molecule has 0 fully saturated rings. The predicted octanol–water partition coefficient (Wildman–Crippen LogP) is 3.20. The highest BCUT2D eigenvalue weighted by atomic mass is 32.2. The van der Waals surface area contributed by atoms with Crippen molar-refractivity contribution >= 4 is 28.9 Å². The molecule has 0 amide bonds. The zero-order valence-corrected chi connectivity index (χ0v) is 11.3. The maximum absolute atomic E-state index is 7.64. The van der Waals surface area contributed by atoms with Crippen molar-refractivity contribution in [3.63, 3.8) is 0 Å². The van der Waals surface area contributed by atoms with Gasteiger partial charge in [-0.25, -0.2) is 4.98 Å². The standard InChI is InChI=1S/C12H13N3S2/c1-7-6-8(2)15-12(10(7)11(13)14)17-9-4-3-5-16-9/h3-6H,1-2H3,(H3,13,14). The number of aryl methyl sites for hydroxylation is 2. The monoisotopic (exact) mass is 263 g/mol. The zero-order valence-electron chi connectivity index (χ0n) is 9.65. The van der Waals surface area contributed by atoms with Crippen molar-refractivity contribution < 1.29 is 0 Å². The molecule has 0 aliphatic carbocycles. The summed E-state index contributed by atoms with van der Waals surface area (Å²) in [7, 11) is 0. The van der Waals surface area contributed by atoms with Crippen molar-refractivity contribution in [1.82, 2.24) is 4.98 Å². The van der Waals surface area contributed by atoms with E-state index in [1.165, 1.54) is 0 Å². The third kappa shape index (κ3) is 2.68. The molecule has 0 saturated carbocycles. The van der Waals surface area contributed by atoms with Gasteiger partial charge in [-0.3, -0.25) is 5.41 Å². The summed E-state index contributed by atoms with van der Waals surface area (Å²) >= 11 is 3.23. The van der Waals surface area contributed by atoms with Gasteiger partial charge in [0.1, 0.15) is 10.9 Å². The molecule has 3 N–H and O–H groups in total. The molecular weight excluding hydrogens is 250 g/mol. The highest BCUT2D eigenvalue weighted by molar-refractivity contribution is 8.01. The van der Waals surface area contributed by atoms with Crippen molar-refractivity contribution in [2.75, 3.05) is 0 Å². The van der Waals surface area contributed by atoms with Crippen LogP contribution >= 0.6 is 23.1 Å². The first-order valence-corrected chi connectivity index (χ1v) is 6.81. The van der Waals surface area contributed by atoms with Gasteiger partial charge in [-0.15, -0.1) is 11.3 Å². The summed E-state index contributed by atoms with van der Waals surface area (Å²) in [5, 5.41) is 10.5. The fraction of sp³-hybridized carbons (Fsp3) is 0.167. The van der Waals surface area contributed by atoms with Gasteiger partial charge < -0.3 is 5.73 Å². The first-order chi connectivity index (χ1) is 8.08. The Morgan fingerprint density at radius 1 is 1.47 bits per heavy atom. The SMILES string of the molecule is Cc1cc(C)c(C(=N)N)c(Sc2cccs2)n1. The second-order valence-electron chi connectivity index (χ2n) is 3.71. The molecule has 17 heavy (non-hydrogen) atoms. The zero-order chi connectivity index (χ0) is 12.4. The van der Waals surface area contributed by atoms with E-state index >= 15 is 0 Å². The molecule has 0 unspecified atom stereocenters. The molecule has 0 aromatic carbocycles. The molecule has 2 aromatic rings. The van der Waals surface area contributed by atoms with E-state index in [0.29, 0.717) is 0 Å². The maximum atomic E-state index is 7.64. The minimum absolute atomic E-state index is 0.0778. The number of hydrogen-bond acceptors (Lipinski definition) is 4. The lowest BCUT2D eigenvalue weighted by Crippen LogP contribution is -2.15. The van der Waals surface area contributed by atoms with E-state index in [0.717, 1.165) is 26.1 Å². The van der Waals surface area contributed by atoms with Gasteiger partial charge in [0.15, 0.2) is 0 Å². The Labute approximate surface area is 109 Å². The molecule has 88 valence electrons. The number of amidine groups is 1. The van der Waals surface area contributed by atoms with Gasteiger partial charge in [0.25, 0.3) is 0 Å². The molecule has 0 aliphatic heterocycles. The largest absolute Gasteiger partial charge is 0.384 e. The number of nitrogens with zero attached hydrogens (tertiary/aromatic N) is 1. The van der Waals surface area contributed by atoms with Crippen molar-refractivity contribution in [1.29, 1.82) is 5.41 Å². The summed E-state index contributed by atoms with van der Waals surface area (Å²) in [6, 6.07) is 6.00. The van der Waals surface area contributed by atoms with Gasteiger partial charge in [-0.05, 0) is 36.9 Å². The van der Waals surface area contributed by atoms with Crippen LogP contribution in [0.25, 0.3) is 0 Å². The Morgan fingerprint density at radius 2 is 2.24 bits per heavy atom. The average molecular weight is 263 g/mol. The predicted molar refractivity (Wildman–Crippen MR) is 73.2 cm³/mol. The Hall–Kier alpha value is -1.33. The highest BCUT2D eigenvalue weighted by Crippen LogP contribution is 2.33. The molecule has 3 nitrogen and oxygen atoms in total. The normalized spacial score (nSPS) is 10.5. The molecule has 0 saturated heterocycles. The van der Waals surface area contributed by atoms with Crippen LogP contribution in [0.1, 0.15) is 16.8 Å². The number of aromatic nitrogens is 1. The first-order valence-electron chi connectivity index (χ1n) is 5.12. The number of nitrogens with two attached hydrogens (primary N) is 1. The third-order valence-corrected chi connectivity index (χ3v) is 4.30. The molecule has 0 spiro atoms. The van der Waals surface area contributed by atoms with Gasteiger partial charge in [-0.1, -0.05) is 17.8 Å². The second kappa shape index (κ2) is 4.89. The number of pyridine rings is 1. The molecule has 2 rings (SSSR count). The van der Waals surface area contributed by atoms with Crippen molar-refractivity contribution in [3.8, 4) is 0 Å². The van der Waals surface area contributed by atoms with E-state index in [9.17, 15) is 0 Å². The van der Waals surface area contributed by atoms with Crippen LogP contribution < -0.4 is 5.73 Å². The maximum Gasteiger partial charge on any atom is 0.125 e. The summed E-state index contributed by atoms with van der Waals surface area (Å²) < 4.78 is 1.16. The van der Waals surface area contributed by atoms with E-state index in [4.69, 9.17) is 11.1 Å². The van der Waals surface area contributed by atoms with E-state index in [2.05, 4.69) is 4.98 Å². The van der Waals surface area contributed by atoms with Crippen LogP contribution in [-0.2, 0) is 0 Å². The molecule has 0 radical (unpaired) electrons. The van der Waals surface area contributed by atoms with E-state index < -0.39 is 0 Å². The Bertz CT molecular complexity index is 547. The Morgan fingerprint density at radius 3 is 2.82 bits per heavy atom. The minimum Gasteiger partial charge on any atom is -0.384 e. The van der Waals surface area contributed by atoms with Crippen molar-refractivity contribution in [3.05, 3.63) is 40.4 Å². The molecule has 2 aromatic heterocycles. The molecule has 0 aliphatic rings. The third-order valence-electron chi connectivity index (χ3n) is 2.27. The van der Waals surface area contributed by atoms with Crippen LogP contribution in [0.3, 0.4) is 0 Å². The summed E-state index contributed by atoms with van der Waals surface area (Å²) in [5.74, 6) is 0.0778. The lowest BCUT2D eigenvalue weighted by atomic mass is 10.1. The van der Waals surface area contributed by atoms with Gasteiger partial charge in [0.2, 0.25) is 0 Å². The van der Waals surface area contributed by atoms with Crippen LogP contribution in [0.15, 0.2) is 32.8 Å². The first kappa shape index (κ1) is 12.1. The molecule has 0 bridgehead atoms. The molecular formula is C12H13N3S2. The quantitative estimate of drug-likeness (QED) is 0.660. The number of hydrogen-bond donors (Lipinski definition) is 2. The fourth-order valence-corrected chi connectivity index (χ4v) is 3.56. The highest BCUT2D eigenvalue weighted by Gasteiger charge is 2.13. The number of nitrogens with one attached hydrogen (secondary N) is 1. The van der Waals surface area contributed by atoms with E-state index in [-0.39, 0.29) is 5.84 Å². The number of rotatable bonds is 3. The summed E-state index contributed by atoms with van der Waals surface area (Å²) in [6.07, 6.45) is 0. The number of thiophene rings is 1. The lowest BCUT2D eigenvalue weighted by molar-refractivity contribution is 1.03. The average Bonchev–Trinajstić information content (AvgIpc) is 2.68. The topological polar surface area (TPSA) is 62.8 Å². The lowest BCUT2D eigenvalue weighted by Gasteiger charge is -2.10. The summed E-state index contributed by atoms with van der Waals surface area (Å²) in [6.45, 7) is 3.92. The van der Waals surface area contributed by atoms with E-state index in [1.807, 2.05) is 37.4 Å². The smallest absolute Gasteiger partial charge is 0.125 e. The fourth-order valence-electron chi connectivity index (χ4n) is 1.62. The van der Waals surface area contributed by atoms with Crippen molar-refractivity contribution in [2.45, 2.75) is 23.1 Å². The second-order valence-corrected chi connectivity index (χ2v) is 5.95. The Kier molecular flexibility index (Phi) is 3.49.